The summed E-state index contributed by atoms with van der Waals surface area (Å²) in [5, 5.41) is 0. The fourth-order valence-corrected chi connectivity index (χ4v) is 3.11. The molecule has 5 heteroatoms. The molecule has 0 saturated carbocycles. The van der Waals surface area contributed by atoms with Crippen molar-refractivity contribution in [2.75, 3.05) is 19.8 Å². The zero-order valence-electron chi connectivity index (χ0n) is 12.3. The van der Waals surface area contributed by atoms with Gasteiger partial charge in [0, 0.05) is 43.5 Å². The Morgan fingerprint density at radius 3 is 3.00 bits per heavy atom. The molecule has 4 nitrogen and oxygen atoms in total. The van der Waals surface area contributed by atoms with E-state index in [0.717, 1.165) is 31.4 Å². The first kappa shape index (κ1) is 14.8. The SMILES string of the molecule is C[C@H](N)c1ccc(F)cc1OC1CCOC2(CCOC2)C1. The highest BCUT2D eigenvalue weighted by Crippen LogP contribution is 2.35. The first-order chi connectivity index (χ1) is 10.1. The lowest BCUT2D eigenvalue weighted by Crippen LogP contribution is -2.44. The van der Waals surface area contributed by atoms with E-state index in [-0.39, 0.29) is 23.6 Å². The lowest BCUT2D eigenvalue weighted by atomic mass is 9.91. The molecule has 2 saturated heterocycles. The first-order valence-corrected chi connectivity index (χ1v) is 7.51. The quantitative estimate of drug-likeness (QED) is 0.931. The summed E-state index contributed by atoms with van der Waals surface area (Å²) in [5.74, 6) is 0.242. The lowest BCUT2D eigenvalue weighted by Gasteiger charge is -2.37. The molecular weight excluding hydrogens is 273 g/mol. The molecular formula is C16H22FNO3. The van der Waals surface area contributed by atoms with E-state index in [4.69, 9.17) is 19.9 Å². The predicted molar refractivity (Wildman–Crippen MR) is 76.8 cm³/mol. The molecule has 2 N–H and O–H groups in total. The predicted octanol–water partition coefficient (Wildman–Crippen LogP) is 2.56. The summed E-state index contributed by atoms with van der Waals surface area (Å²) in [4.78, 5) is 0. The Morgan fingerprint density at radius 2 is 2.29 bits per heavy atom. The van der Waals surface area contributed by atoms with Crippen molar-refractivity contribution < 1.29 is 18.6 Å². The van der Waals surface area contributed by atoms with Gasteiger partial charge in [0.05, 0.1) is 18.8 Å². The van der Waals surface area contributed by atoms with Crippen LogP contribution in [0.25, 0.3) is 0 Å². The number of hydrogen-bond acceptors (Lipinski definition) is 4. The molecule has 21 heavy (non-hydrogen) atoms. The van der Waals surface area contributed by atoms with Gasteiger partial charge in [-0.3, -0.25) is 0 Å². The van der Waals surface area contributed by atoms with E-state index < -0.39 is 0 Å². The maximum atomic E-state index is 13.5. The molecule has 2 unspecified atom stereocenters. The molecule has 2 fully saturated rings. The van der Waals surface area contributed by atoms with Crippen LogP contribution in [-0.2, 0) is 9.47 Å². The summed E-state index contributed by atoms with van der Waals surface area (Å²) in [6.07, 6.45) is 2.49. The summed E-state index contributed by atoms with van der Waals surface area (Å²) in [6.45, 7) is 3.88. The van der Waals surface area contributed by atoms with E-state index >= 15 is 0 Å². The number of hydrogen-bond donors (Lipinski definition) is 1. The largest absolute Gasteiger partial charge is 0.490 e. The number of nitrogens with two attached hydrogens (primary N) is 1. The number of rotatable bonds is 3. The van der Waals surface area contributed by atoms with E-state index in [9.17, 15) is 4.39 Å². The van der Waals surface area contributed by atoms with Crippen molar-refractivity contribution in [1.29, 1.82) is 0 Å². The zero-order valence-corrected chi connectivity index (χ0v) is 12.3. The smallest absolute Gasteiger partial charge is 0.127 e. The Balaban J connectivity index is 1.75. The molecule has 116 valence electrons. The second kappa shape index (κ2) is 5.91. The van der Waals surface area contributed by atoms with Crippen LogP contribution in [0.15, 0.2) is 18.2 Å². The van der Waals surface area contributed by atoms with Crippen LogP contribution in [0.5, 0.6) is 5.75 Å². The molecule has 1 spiro atoms. The van der Waals surface area contributed by atoms with Gasteiger partial charge in [0.15, 0.2) is 0 Å². The minimum Gasteiger partial charge on any atom is -0.490 e. The van der Waals surface area contributed by atoms with Crippen LogP contribution < -0.4 is 10.5 Å². The van der Waals surface area contributed by atoms with E-state index in [1.165, 1.54) is 12.1 Å². The van der Waals surface area contributed by atoms with E-state index in [1.54, 1.807) is 6.07 Å². The van der Waals surface area contributed by atoms with Crippen molar-refractivity contribution in [1.82, 2.24) is 0 Å². The van der Waals surface area contributed by atoms with Crippen molar-refractivity contribution in [3.8, 4) is 5.75 Å². The highest BCUT2D eigenvalue weighted by Gasteiger charge is 2.42. The second-order valence-corrected chi connectivity index (χ2v) is 6.04. The van der Waals surface area contributed by atoms with Crippen LogP contribution in [-0.4, -0.2) is 31.5 Å². The van der Waals surface area contributed by atoms with Gasteiger partial charge in [0.2, 0.25) is 0 Å². The van der Waals surface area contributed by atoms with Gasteiger partial charge in [0.25, 0.3) is 0 Å². The maximum Gasteiger partial charge on any atom is 0.127 e. The number of ether oxygens (including phenoxy) is 3. The van der Waals surface area contributed by atoms with Gasteiger partial charge < -0.3 is 19.9 Å². The minimum absolute atomic E-state index is 0.0137. The standard InChI is InChI=1S/C16H22FNO3/c1-11(18)14-3-2-12(17)8-15(14)21-13-4-6-20-16(9-13)5-7-19-10-16/h2-3,8,11,13H,4-7,9-10,18H2,1H3/t11-,13?,16?/m0/s1. The summed E-state index contributed by atoms with van der Waals surface area (Å²) < 4.78 is 30.9. The summed E-state index contributed by atoms with van der Waals surface area (Å²) in [7, 11) is 0. The fraction of sp³-hybridized carbons (Fsp3) is 0.625. The van der Waals surface area contributed by atoms with E-state index in [1.807, 2.05) is 6.92 Å². The van der Waals surface area contributed by atoms with Crippen LogP contribution in [0.2, 0.25) is 0 Å². The van der Waals surface area contributed by atoms with Gasteiger partial charge in [-0.1, -0.05) is 6.07 Å². The number of benzene rings is 1. The molecule has 2 heterocycles. The van der Waals surface area contributed by atoms with Crippen LogP contribution in [0, 0.1) is 5.82 Å². The zero-order chi connectivity index (χ0) is 14.9. The summed E-state index contributed by atoms with van der Waals surface area (Å²) >= 11 is 0. The van der Waals surface area contributed by atoms with Gasteiger partial charge in [0.1, 0.15) is 17.7 Å². The van der Waals surface area contributed by atoms with Crippen molar-refractivity contribution in [2.24, 2.45) is 5.73 Å². The average molecular weight is 295 g/mol. The Kier molecular flexibility index (Phi) is 4.15. The molecule has 3 rings (SSSR count). The normalized spacial score (nSPS) is 30.5. The Labute approximate surface area is 124 Å². The molecule has 0 amide bonds. The second-order valence-electron chi connectivity index (χ2n) is 6.04. The van der Waals surface area contributed by atoms with Gasteiger partial charge >= 0.3 is 0 Å². The maximum absolute atomic E-state index is 13.5. The first-order valence-electron chi connectivity index (χ1n) is 7.51. The molecule has 0 bridgehead atoms. The van der Waals surface area contributed by atoms with Crippen molar-refractivity contribution >= 4 is 0 Å². The monoisotopic (exact) mass is 295 g/mol. The van der Waals surface area contributed by atoms with Crippen LogP contribution >= 0.6 is 0 Å². The topological polar surface area (TPSA) is 53.7 Å². The third-order valence-electron chi connectivity index (χ3n) is 4.27. The van der Waals surface area contributed by atoms with Crippen LogP contribution in [0.3, 0.4) is 0 Å². The highest BCUT2D eigenvalue weighted by molar-refractivity contribution is 5.36. The molecule has 1 aromatic carbocycles. The Morgan fingerprint density at radius 1 is 1.43 bits per heavy atom. The average Bonchev–Trinajstić information content (AvgIpc) is 2.86. The molecule has 0 radical (unpaired) electrons. The fourth-order valence-electron chi connectivity index (χ4n) is 3.11. The number of halogens is 1. The molecule has 0 aromatic heterocycles. The Hall–Kier alpha value is -1.17. The van der Waals surface area contributed by atoms with Gasteiger partial charge in [-0.25, -0.2) is 4.39 Å². The highest BCUT2D eigenvalue weighted by atomic mass is 19.1. The van der Waals surface area contributed by atoms with Crippen LogP contribution in [0.1, 0.15) is 37.8 Å². The van der Waals surface area contributed by atoms with E-state index in [2.05, 4.69) is 0 Å². The molecule has 3 atom stereocenters. The van der Waals surface area contributed by atoms with Crippen molar-refractivity contribution in [3.63, 3.8) is 0 Å². The molecule has 2 aliphatic rings. The minimum atomic E-state index is -0.305. The third-order valence-corrected chi connectivity index (χ3v) is 4.27. The van der Waals surface area contributed by atoms with E-state index in [0.29, 0.717) is 19.0 Å². The summed E-state index contributed by atoms with van der Waals surface area (Å²) in [5.41, 5.74) is 6.55. The van der Waals surface area contributed by atoms with Gasteiger partial charge in [-0.15, -0.1) is 0 Å². The summed E-state index contributed by atoms with van der Waals surface area (Å²) in [6, 6.07) is 4.35. The van der Waals surface area contributed by atoms with Crippen molar-refractivity contribution in [2.45, 2.75) is 43.9 Å². The Bertz CT molecular complexity index is 500. The van der Waals surface area contributed by atoms with Gasteiger partial charge in [-0.05, 0) is 13.0 Å². The van der Waals surface area contributed by atoms with Crippen LogP contribution in [0.4, 0.5) is 4.39 Å². The molecule has 0 aliphatic carbocycles. The lowest BCUT2D eigenvalue weighted by molar-refractivity contribution is -0.112. The van der Waals surface area contributed by atoms with Gasteiger partial charge in [-0.2, -0.15) is 0 Å². The molecule has 2 aliphatic heterocycles. The van der Waals surface area contributed by atoms with Crippen molar-refractivity contribution in [3.05, 3.63) is 29.6 Å². The molecule has 1 aromatic rings. The third kappa shape index (κ3) is 3.20.